The summed E-state index contributed by atoms with van der Waals surface area (Å²) in [5, 5.41) is 19.2. The van der Waals surface area contributed by atoms with Crippen molar-refractivity contribution in [3.63, 3.8) is 0 Å². The highest BCUT2D eigenvalue weighted by Gasteiger charge is 2.14. The first-order chi connectivity index (χ1) is 12.4. The predicted molar refractivity (Wildman–Crippen MR) is 107 cm³/mol. The summed E-state index contributed by atoms with van der Waals surface area (Å²) in [5.74, 6) is 0.547. The Kier molecular flexibility index (Phi) is 7.20. The van der Waals surface area contributed by atoms with Crippen molar-refractivity contribution in [3.8, 4) is 0 Å². The SMILES string of the molecule is CCN(CCCl)c1ccc(N=Nc2c(Cl)cc([N+](=O)[O-])cc2Cl)c(C)c1. The Bertz CT molecular complexity index is 820. The van der Waals surface area contributed by atoms with Crippen LogP contribution in [0.2, 0.25) is 10.0 Å². The summed E-state index contributed by atoms with van der Waals surface area (Å²) in [6.07, 6.45) is 0. The van der Waals surface area contributed by atoms with Crippen molar-refractivity contribution in [3.05, 3.63) is 56.1 Å². The maximum Gasteiger partial charge on any atom is 0.272 e. The third-order valence-electron chi connectivity index (χ3n) is 3.75. The first kappa shape index (κ1) is 20.4. The fraction of sp³-hybridized carbons (Fsp3) is 0.294. The van der Waals surface area contributed by atoms with Gasteiger partial charge in [-0.3, -0.25) is 10.1 Å². The molecule has 0 amide bonds. The standard InChI is InChI=1S/C17H17Cl3N4O2/c1-3-23(7-6-18)12-4-5-16(11(2)8-12)21-22-17-14(19)9-13(24(25)26)10-15(17)20/h4-5,8-10H,3,6-7H2,1-2H3. The summed E-state index contributed by atoms with van der Waals surface area (Å²) in [4.78, 5) is 12.4. The van der Waals surface area contributed by atoms with E-state index in [9.17, 15) is 10.1 Å². The summed E-state index contributed by atoms with van der Waals surface area (Å²) in [5.41, 5.74) is 2.63. The fourth-order valence-electron chi connectivity index (χ4n) is 2.38. The quantitative estimate of drug-likeness (QED) is 0.219. The number of aryl methyl sites for hydroxylation is 1. The van der Waals surface area contributed by atoms with E-state index in [1.807, 2.05) is 25.1 Å². The molecule has 0 saturated carbocycles. The summed E-state index contributed by atoms with van der Waals surface area (Å²) in [7, 11) is 0. The Morgan fingerprint density at radius 2 is 1.81 bits per heavy atom. The van der Waals surface area contributed by atoms with Gasteiger partial charge in [-0.05, 0) is 37.6 Å². The molecule has 0 bridgehead atoms. The van der Waals surface area contributed by atoms with Crippen LogP contribution < -0.4 is 4.90 Å². The van der Waals surface area contributed by atoms with Gasteiger partial charge in [-0.15, -0.1) is 16.7 Å². The van der Waals surface area contributed by atoms with E-state index in [2.05, 4.69) is 22.1 Å². The van der Waals surface area contributed by atoms with Crippen LogP contribution in [0.25, 0.3) is 0 Å². The average molecular weight is 416 g/mol. The summed E-state index contributed by atoms with van der Waals surface area (Å²) >= 11 is 17.9. The number of hydrogen-bond donors (Lipinski definition) is 0. The lowest BCUT2D eigenvalue weighted by Crippen LogP contribution is -2.24. The van der Waals surface area contributed by atoms with E-state index in [1.54, 1.807) is 0 Å². The van der Waals surface area contributed by atoms with Crippen molar-refractivity contribution in [1.82, 2.24) is 0 Å². The van der Waals surface area contributed by atoms with Gasteiger partial charge in [-0.2, -0.15) is 5.11 Å². The van der Waals surface area contributed by atoms with E-state index >= 15 is 0 Å². The molecule has 0 heterocycles. The van der Waals surface area contributed by atoms with Crippen molar-refractivity contribution in [2.75, 3.05) is 23.9 Å². The zero-order valence-corrected chi connectivity index (χ0v) is 16.5. The number of rotatable bonds is 7. The van der Waals surface area contributed by atoms with Crippen molar-refractivity contribution in [2.24, 2.45) is 10.2 Å². The number of azo groups is 1. The molecule has 138 valence electrons. The van der Waals surface area contributed by atoms with Gasteiger partial charge in [0, 0.05) is 36.8 Å². The molecule has 0 aliphatic rings. The number of nitrogens with zero attached hydrogens (tertiary/aromatic N) is 4. The van der Waals surface area contributed by atoms with Gasteiger partial charge < -0.3 is 4.90 Å². The van der Waals surface area contributed by atoms with Crippen LogP contribution in [0.4, 0.5) is 22.7 Å². The molecule has 6 nitrogen and oxygen atoms in total. The summed E-state index contributed by atoms with van der Waals surface area (Å²) < 4.78 is 0. The fourth-order valence-corrected chi connectivity index (χ4v) is 3.13. The second kappa shape index (κ2) is 9.16. The van der Waals surface area contributed by atoms with E-state index in [0.29, 0.717) is 11.6 Å². The van der Waals surface area contributed by atoms with Crippen LogP contribution in [0.1, 0.15) is 12.5 Å². The van der Waals surface area contributed by atoms with Gasteiger partial charge in [0.15, 0.2) is 0 Å². The third kappa shape index (κ3) is 4.84. The molecule has 0 radical (unpaired) electrons. The van der Waals surface area contributed by atoms with Gasteiger partial charge in [-0.25, -0.2) is 0 Å². The van der Waals surface area contributed by atoms with Crippen LogP contribution >= 0.6 is 34.8 Å². The smallest absolute Gasteiger partial charge is 0.272 e. The van der Waals surface area contributed by atoms with Crippen molar-refractivity contribution in [2.45, 2.75) is 13.8 Å². The molecule has 0 N–H and O–H groups in total. The zero-order chi connectivity index (χ0) is 19.3. The topological polar surface area (TPSA) is 71.1 Å². The van der Waals surface area contributed by atoms with Crippen LogP contribution in [0, 0.1) is 17.0 Å². The number of alkyl halides is 1. The molecule has 0 fully saturated rings. The largest absolute Gasteiger partial charge is 0.371 e. The van der Waals surface area contributed by atoms with Crippen molar-refractivity contribution < 1.29 is 4.92 Å². The Balaban J connectivity index is 2.30. The van der Waals surface area contributed by atoms with Crippen LogP contribution in [0.3, 0.4) is 0 Å². The maximum absolute atomic E-state index is 10.8. The highest BCUT2D eigenvalue weighted by Crippen LogP contribution is 2.38. The lowest BCUT2D eigenvalue weighted by atomic mass is 10.1. The van der Waals surface area contributed by atoms with Gasteiger partial charge in [0.25, 0.3) is 5.69 Å². The number of nitro benzene ring substituents is 1. The molecule has 0 spiro atoms. The monoisotopic (exact) mass is 414 g/mol. The van der Waals surface area contributed by atoms with Gasteiger partial charge in [0.2, 0.25) is 0 Å². The summed E-state index contributed by atoms with van der Waals surface area (Å²) in [6.45, 7) is 5.59. The summed E-state index contributed by atoms with van der Waals surface area (Å²) in [6, 6.07) is 8.18. The second-order valence-corrected chi connectivity index (χ2v) is 6.65. The molecule has 0 aliphatic heterocycles. The Morgan fingerprint density at radius 1 is 1.15 bits per heavy atom. The maximum atomic E-state index is 10.8. The lowest BCUT2D eigenvalue weighted by Gasteiger charge is -2.22. The van der Waals surface area contributed by atoms with Crippen molar-refractivity contribution >= 4 is 57.6 Å². The molecular weight excluding hydrogens is 399 g/mol. The molecule has 0 aliphatic carbocycles. The number of hydrogen-bond acceptors (Lipinski definition) is 5. The Morgan fingerprint density at radius 3 is 2.31 bits per heavy atom. The van der Waals surface area contributed by atoms with Crippen LogP contribution in [-0.2, 0) is 0 Å². The molecular formula is C17H17Cl3N4O2. The first-order valence-corrected chi connectivity index (χ1v) is 9.13. The van der Waals surface area contributed by atoms with Crippen LogP contribution in [0.5, 0.6) is 0 Å². The predicted octanol–water partition coefficient (Wildman–Crippen LogP) is 6.69. The minimum atomic E-state index is -0.568. The van der Waals surface area contributed by atoms with E-state index in [-0.39, 0.29) is 21.4 Å². The Labute approximate surface area is 166 Å². The Hall–Kier alpha value is -1.89. The molecule has 2 rings (SSSR count). The highest BCUT2D eigenvalue weighted by atomic mass is 35.5. The normalized spacial score (nSPS) is 11.1. The van der Waals surface area contributed by atoms with Crippen molar-refractivity contribution in [1.29, 1.82) is 0 Å². The minimum absolute atomic E-state index is 0.0708. The molecule has 0 atom stereocenters. The number of anilines is 1. The lowest BCUT2D eigenvalue weighted by molar-refractivity contribution is -0.384. The van der Waals surface area contributed by atoms with Crippen LogP contribution in [0.15, 0.2) is 40.6 Å². The van der Waals surface area contributed by atoms with Gasteiger partial charge in [0.1, 0.15) is 5.69 Å². The number of halogens is 3. The van der Waals surface area contributed by atoms with E-state index in [4.69, 9.17) is 34.8 Å². The molecule has 0 saturated heterocycles. The van der Waals surface area contributed by atoms with Gasteiger partial charge >= 0.3 is 0 Å². The first-order valence-electron chi connectivity index (χ1n) is 7.84. The van der Waals surface area contributed by atoms with Crippen LogP contribution in [-0.4, -0.2) is 23.9 Å². The molecule has 9 heteroatoms. The molecule has 26 heavy (non-hydrogen) atoms. The molecule has 0 aromatic heterocycles. The highest BCUT2D eigenvalue weighted by molar-refractivity contribution is 6.39. The second-order valence-electron chi connectivity index (χ2n) is 5.45. The van der Waals surface area contributed by atoms with E-state index < -0.39 is 4.92 Å². The zero-order valence-electron chi connectivity index (χ0n) is 14.2. The number of benzene rings is 2. The third-order valence-corrected chi connectivity index (χ3v) is 4.50. The molecule has 2 aromatic carbocycles. The average Bonchev–Trinajstić information content (AvgIpc) is 2.59. The molecule has 2 aromatic rings. The van der Waals surface area contributed by atoms with E-state index in [1.165, 1.54) is 12.1 Å². The molecule has 0 unspecified atom stereocenters. The number of nitro groups is 1. The van der Waals surface area contributed by atoms with Gasteiger partial charge in [0.05, 0.1) is 20.7 Å². The minimum Gasteiger partial charge on any atom is -0.371 e. The van der Waals surface area contributed by atoms with Gasteiger partial charge in [-0.1, -0.05) is 23.2 Å². The van der Waals surface area contributed by atoms with E-state index in [0.717, 1.165) is 24.3 Å². The number of non-ortho nitro benzene ring substituents is 1.